The molecule has 0 aromatic heterocycles. The topological polar surface area (TPSA) is 95.9 Å². The molecule has 0 spiro atoms. The lowest BCUT2D eigenvalue weighted by atomic mass is 10.1. The molecule has 1 aliphatic heterocycles. The number of rotatable bonds is 3. The molecule has 20 heavy (non-hydrogen) atoms. The second-order valence-corrected chi connectivity index (χ2v) is 4.41. The largest absolute Gasteiger partial charge is 0.481 e. The molecule has 1 aromatic rings. The van der Waals surface area contributed by atoms with E-state index in [2.05, 4.69) is 10.1 Å². The van der Waals surface area contributed by atoms with E-state index < -0.39 is 18.0 Å². The minimum absolute atomic E-state index is 0.00993. The Hall–Kier alpha value is -2.57. The number of carboxylic acids is 1. The Morgan fingerprint density at radius 1 is 1.45 bits per heavy atom. The highest BCUT2D eigenvalue weighted by atomic mass is 16.5. The van der Waals surface area contributed by atoms with Gasteiger partial charge in [0.05, 0.1) is 13.0 Å². The molecule has 0 aliphatic carbocycles. The molecule has 1 heterocycles. The van der Waals surface area contributed by atoms with E-state index in [4.69, 9.17) is 5.11 Å². The Morgan fingerprint density at radius 3 is 2.80 bits per heavy atom. The number of anilines is 2. The van der Waals surface area contributed by atoms with Gasteiger partial charge in [-0.1, -0.05) is 6.07 Å². The highest BCUT2D eigenvalue weighted by Gasteiger charge is 2.35. The molecule has 0 bridgehead atoms. The van der Waals surface area contributed by atoms with Crippen molar-refractivity contribution >= 4 is 29.3 Å². The number of benzene rings is 1. The van der Waals surface area contributed by atoms with Crippen LogP contribution < -0.4 is 10.2 Å². The van der Waals surface area contributed by atoms with Crippen LogP contribution in [-0.2, 0) is 14.3 Å². The predicted molar refractivity (Wildman–Crippen MR) is 70.6 cm³/mol. The number of hydrogen-bond acceptors (Lipinski definition) is 4. The van der Waals surface area contributed by atoms with Crippen molar-refractivity contribution < 1.29 is 24.2 Å². The number of carbonyl (C=O) groups excluding carboxylic acids is 2. The van der Waals surface area contributed by atoms with Crippen molar-refractivity contribution in [1.29, 1.82) is 0 Å². The molecule has 1 fully saturated rings. The molecule has 7 nitrogen and oxygen atoms in total. The van der Waals surface area contributed by atoms with Gasteiger partial charge in [0.25, 0.3) is 0 Å². The smallest absolute Gasteiger partial charge is 0.411 e. The zero-order chi connectivity index (χ0) is 14.7. The van der Waals surface area contributed by atoms with E-state index in [-0.39, 0.29) is 18.9 Å². The fourth-order valence-corrected chi connectivity index (χ4v) is 2.04. The Kier molecular flexibility index (Phi) is 3.88. The Bertz CT molecular complexity index is 557. The van der Waals surface area contributed by atoms with Crippen LogP contribution >= 0.6 is 0 Å². The first-order valence-electron chi connectivity index (χ1n) is 5.99. The molecule has 0 saturated carbocycles. The van der Waals surface area contributed by atoms with E-state index in [1.54, 1.807) is 24.3 Å². The van der Waals surface area contributed by atoms with E-state index in [0.29, 0.717) is 11.4 Å². The molecule has 1 aromatic carbocycles. The van der Waals surface area contributed by atoms with Gasteiger partial charge in [-0.15, -0.1) is 0 Å². The predicted octanol–water partition coefficient (Wildman–Crippen LogP) is 1.30. The molecule has 2 N–H and O–H groups in total. The second kappa shape index (κ2) is 5.60. The lowest BCUT2D eigenvalue weighted by Gasteiger charge is -2.17. The zero-order valence-electron chi connectivity index (χ0n) is 10.8. The first-order chi connectivity index (χ1) is 9.51. The molecule has 1 aliphatic rings. The Morgan fingerprint density at radius 2 is 2.20 bits per heavy atom. The first kappa shape index (κ1) is 13.9. The van der Waals surface area contributed by atoms with Crippen LogP contribution in [0, 0.1) is 5.92 Å². The summed E-state index contributed by atoms with van der Waals surface area (Å²) in [5, 5.41) is 11.4. The lowest BCUT2D eigenvalue weighted by molar-refractivity contribution is -0.141. The van der Waals surface area contributed by atoms with E-state index in [0.717, 1.165) is 0 Å². The van der Waals surface area contributed by atoms with Crippen LogP contribution in [0.3, 0.4) is 0 Å². The number of carbonyl (C=O) groups is 3. The molecule has 7 heteroatoms. The second-order valence-electron chi connectivity index (χ2n) is 4.41. The highest BCUT2D eigenvalue weighted by Crippen LogP contribution is 2.27. The quantitative estimate of drug-likeness (QED) is 0.868. The monoisotopic (exact) mass is 278 g/mol. The van der Waals surface area contributed by atoms with Crippen LogP contribution in [0.2, 0.25) is 0 Å². The lowest BCUT2D eigenvalue weighted by Crippen LogP contribution is -2.25. The van der Waals surface area contributed by atoms with Crippen LogP contribution in [0.5, 0.6) is 0 Å². The van der Waals surface area contributed by atoms with Crippen molar-refractivity contribution in [3.8, 4) is 0 Å². The molecular weight excluding hydrogens is 264 g/mol. The normalized spacial score (nSPS) is 17.9. The summed E-state index contributed by atoms with van der Waals surface area (Å²) in [5.74, 6) is -1.92. The van der Waals surface area contributed by atoms with Crippen LogP contribution in [0.4, 0.5) is 16.2 Å². The highest BCUT2D eigenvalue weighted by molar-refractivity contribution is 5.99. The summed E-state index contributed by atoms with van der Waals surface area (Å²) in [7, 11) is 1.25. The molecule has 106 valence electrons. The van der Waals surface area contributed by atoms with Gasteiger partial charge < -0.3 is 14.7 Å². The van der Waals surface area contributed by atoms with Crippen LogP contribution in [0.15, 0.2) is 24.3 Å². The third-order valence-electron chi connectivity index (χ3n) is 3.06. The van der Waals surface area contributed by atoms with E-state index in [1.807, 2.05) is 0 Å². The van der Waals surface area contributed by atoms with E-state index >= 15 is 0 Å². The van der Waals surface area contributed by atoms with Gasteiger partial charge in [0.1, 0.15) is 0 Å². The summed E-state index contributed by atoms with van der Waals surface area (Å²) in [5.41, 5.74) is 1.02. The number of aliphatic carboxylic acids is 1. The summed E-state index contributed by atoms with van der Waals surface area (Å²) >= 11 is 0. The molecule has 2 rings (SSSR count). The summed E-state index contributed by atoms with van der Waals surface area (Å²) in [6.45, 7) is 0.135. The number of carboxylic acid groups (broad SMARTS) is 1. The summed E-state index contributed by atoms with van der Waals surface area (Å²) in [6, 6.07) is 6.60. The van der Waals surface area contributed by atoms with Crippen molar-refractivity contribution in [2.45, 2.75) is 6.42 Å². The minimum atomic E-state index is -0.982. The fraction of sp³-hybridized carbons (Fsp3) is 0.308. The van der Waals surface area contributed by atoms with Crippen molar-refractivity contribution in [2.24, 2.45) is 5.92 Å². The standard InChI is InChI=1S/C13H14N2O5/c1-20-13(19)14-9-3-2-4-10(6-9)15-7-8(12(17)18)5-11(15)16/h2-4,6,8H,5,7H2,1H3,(H,14,19)(H,17,18). The van der Waals surface area contributed by atoms with Crippen molar-refractivity contribution in [1.82, 2.24) is 0 Å². The third-order valence-corrected chi connectivity index (χ3v) is 3.06. The molecule has 1 unspecified atom stereocenters. The van der Waals surface area contributed by atoms with E-state index in [9.17, 15) is 14.4 Å². The van der Waals surface area contributed by atoms with Gasteiger partial charge in [-0.3, -0.25) is 14.9 Å². The van der Waals surface area contributed by atoms with Gasteiger partial charge in [-0.05, 0) is 18.2 Å². The Balaban J connectivity index is 2.17. The summed E-state index contributed by atoms with van der Waals surface area (Å²) < 4.78 is 4.48. The van der Waals surface area contributed by atoms with Gasteiger partial charge >= 0.3 is 12.1 Å². The third kappa shape index (κ3) is 2.87. The van der Waals surface area contributed by atoms with Crippen LogP contribution in [-0.4, -0.2) is 36.7 Å². The maximum atomic E-state index is 11.8. The zero-order valence-corrected chi connectivity index (χ0v) is 10.8. The number of nitrogens with zero attached hydrogens (tertiary/aromatic N) is 1. The maximum Gasteiger partial charge on any atom is 0.411 e. The van der Waals surface area contributed by atoms with Crippen LogP contribution in [0.25, 0.3) is 0 Å². The molecule has 1 saturated heterocycles. The molecule has 1 atom stereocenters. The Labute approximate surface area is 115 Å². The number of amides is 2. The van der Waals surface area contributed by atoms with Crippen molar-refractivity contribution in [2.75, 3.05) is 23.9 Å². The number of methoxy groups -OCH3 is 1. The van der Waals surface area contributed by atoms with Gasteiger partial charge in [-0.2, -0.15) is 0 Å². The molecule has 0 radical (unpaired) electrons. The number of nitrogens with one attached hydrogen (secondary N) is 1. The number of ether oxygens (including phenoxy) is 1. The summed E-state index contributed by atoms with van der Waals surface area (Å²) in [4.78, 5) is 35.3. The van der Waals surface area contributed by atoms with Gasteiger partial charge in [0.2, 0.25) is 5.91 Å². The minimum Gasteiger partial charge on any atom is -0.481 e. The van der Waals surface area contributed by atoms with Gasteiger partial charge in [-0.25, -0.2) is 4.79 Å². The number of hydrogen-bond donors (Lipinski definition) is 2. The molecule has 2 amide bonds. The van der Waals surface area contributed by atoms with Crippen molar-refractivity contribution in [3.05, 3.63) is 24.3 Å². The SMILES string of the molecule is COC(=O)Nc1cccc(N2CC(C(=O)O)CC2=O)c1. The van der Waals surface area contributed by atoms with Crippen LogP contribution in [0.1, 0.15) is 6.42 Å². The fourth-order valence-electron chi connectivity index (χ4n) is 2.04. The van der Waals surface area contributed by atoms with E-state index in [1.165, 1.54) is 12.0 Å². The van der Waals surface area contributed by atoms with Crippen molar-refractivity contribution in [3.63, 3.8) is 0 Å². The van der Waals surface area contributed by atoms with Gasteiger partial charge in [0.15, 0.2) is 0 Å². The average Bonchev–Trinajstić information content (AvgIpc) is 2.81. The average molecular weight is 278 g/mol. The molecular formula is C13H14N2O5. The maximum absolute atomic E-state index is 11.8. The first-order valence-corrected chi connectivity index (χ1v) is 5.99. The van der Waals surface area contributed by atoms with Gasteiger partial charge in [0, 0.05) is 24.3 Å². The summed E-state index contributed by atoms with van der Waals surface area (Å²) in [6.07, 6.45) is -0.623.